The molecule has 0 unspecified atom stereocenters. The second-order valence-electron chi connectivity index (χ2n) is 6.16. The van der Waals surface area contributed by atoms with E-state index < -0.39 is 0 Å². The first-order valence-corrected chi connectivity index (χ1v) is 9.52. The molecule has 1 aromatic heterocycles. The molecule has 6 heteroatoms. The van der Waals surface area contributed by atoms with Gasteiger partial charge in [-0.15, -0.1) is 0 Å². The topological polar surface area (TPSA) is 40.6 Å². The van der Waals surface area contributed by atoms with Gasteiger partial charge in [-0.2, -0.15) is 11.3 Å². The zero-order valence-corrected chi connectivity index (χ0v) is 16.1. The molecule has 0 radical (unpaired) electrons. The third kappa shape index (κ3) is 3.54. The minimum Gasteiger partial charge on any atom is -0.341 e. The largest absolute Gasteiger partial charge is 0.341 e. The van der Waals surface area contributed by atoms with Crippen molar-refractivity contribution in [2.45, 2.75) is 19.9 Å². The van der Waals surface area contributed by atoms with Gasteiger partial charge in [0.25, 0.3) is 0 Å². The number of nitrogens with zero attached hydrogens (tertiary/aromatic N) is 2. The van der Waals surface area contributed by atoms with E-state index in [4.69, 9.17) is 0 Å². The first-order chi connectivity index (χ1) is 11.5. The Balaban J connectivity index is 1.70. The molecule has 4 nitrogen and oxygen atoms in total. The molecule has 24 heavy (non-hydrogen) atoms. The summed E-state index contributed by atoms with van der Waals surface area (Å²) in [5, 5.41) is 4.05. The SMILES string of the molecule is Cc1cc(Br)ccc1N1C[C@H](C(=O)N(C)Cc2ccsc2)CC1=O. The summed E-state index contributed by atoms with van der Waals surface area (Å²) >= 11 is 5.06. The second kappa shape index (κ2) is 7.07. The lowest BCUT2D eigenvalue weighted by atomic mass is 10.1. The Labute approximate surface area is 154 Å². The van der Waals surface area contributed by atoms with Gasteiger partial charge in [0, 0.05) is 36.7 Å². The third-order valence-electron chi connectivity index (χ3n) is 4.30. The maximum atomic E-state index is 12.7. The molecule has 2 aromatic rings. The fourth-order valence-corrected chi connectivity index (χ4v) is 4.21. The summed E-state index contributed by atoms with van der Waals surface area (Å²) in [5.41, 5.74) is 3.04. The summed E-state index contributed by atoms with van der Waals surface area (Å²) < 4.78 is 0.985. The minimum absolute atomic E-state index is 0.0164. The molecule has 0 spiro atoms. The van der Waals surface area contributed by atoms with Crippen molar-refractivity contribution in [3.8, 4) is 0 Å². The van der Waals surface area contributed by atoms with Gasteiger partial charge >= 0.3 is 0 Å². The molecule has 1 fully saturated rings. The smallest absolute Gasteiger partial charge is 0.228 e. The number of anilines is 1. The highest BCUT2D eigenvalue weighted by atomic mass is 79.9. The highest BCUT2D eigenvalue weighted by Crippen LogP contribution is 2.30. The second-order valence-corrected chi connectivity index (χ2v) is 7.86. The van der Waals surface area contributed by atoms with E-state index in [1.807, 2.05) is 41.9 Å². The lowest BCUT2D eigenvalue weighted by Crippen LogP contribution is -2.34. The van der Waals surface area contributed by atoms with Crippen LogP contribution < -0.4 is 4.90 Å². The van der Waals surface area contributed by atoms with Gasteiger partial charge < -0.3 is 9.80 Å². The predicted octanol–water partition coefficient (Wildman–Crippen LogP) is 3.83. The Hall–Kier alpha value is -1.66. The van der Waals surface area contributed by atoms with Crippen LogP contribution in [0.5, 0.6) is 0 Å². The van der Waals surface area contributed by atoms with Crippen LogP contribution in [0, 0.1) is 12.8 Å². The molecule has 2 heterocycles. The highest BCUT2D eigenvalue weighted by Gasteiger charge is 2.36. The van der Waals surface area contributed by atoms with Crippen molar-refractivity contribution in [2.75, 3.05) is 18.5 Å². The van der Waals surface area contributed by atoms with Crippen LogP contribution in [0.1, 0.15) is 17.5 Å². The van der Waals surface area contributed by atoms with E-state index in [0.29, 0.717) is 13.1 Å². The van der Waals surface area contributed by atoms with Gasteiger partial charge in [0.2, 0.25) is 11.8 Å². The van der Waals surface area contributed by atoms with E-state index in [-0.39, 0.29) is 24.2 Å². The zero-order valence-electron chi connectivity index (χ0n) is 13.7. The zero-order chi connectivity index (χ0) is 17.3. The molecular formula is C18H19BrN2O2S. The van der Waals surface area contributed by atoms with Crippen molar-refractivity contribution in [3.05, 3.63) is 50.6 Å². The normalized spacial score (nSPS) is 17.4. The lowest BCUT2D eigenvalue weighted by molar-refractivity contribution is -0.135. The van der Waals surface area contributed by atoms with E-state index in [1.54, 1.807) is 28.2 Å². The van der Waals surface area contributed by atoms with Crippen LogP contribution in [-0.2, 0) is 16.1 Å². The Bertz CT molecular complexity index is 760. The van der Waals surface area contributed by atoms with Gasteiger partial charge in [0.1, 0.15) is 0 Å². The number of hydrogen-bond donors (Lipinski definition) is 0. The van der Waals surface area contributed by atoms with Crippen molar-refractivity contribution in [1.29, 1.82) is 0 Å². The summed E-state index contributed by atoms with van der Waals surface area (Å²) in [7, 11) is 1.80. The van der Waals surface area contributed by atoms with E-state index >= 15 is 0 Å². The number of benzene rings is 1. The van der Waals surface area contributed by atoms with Crippen LogP contribution in [0.4, 0.5) is 5.69 Å². The standard InChI is InChI=1S/C18H19BrN2O2S/c1-12-7-15(19)3-4-16(12)21-10-14(8-17(21)22)18(23)20(2)9-13-5-6-24-11-13/h3-7,11,14H,8-10H2,1-2H3/t14-/m1/s1. The minimum atomic E-state index is -0.274. The molecule has 0 N–H and O–H groups in total. The molecule has 1 atom stereocenters. The summed E-state index contributed by atoms with van der Waals surface area (Å²) in [6, 6.07) is 7.86. The maximum Gasteiger partial charge on any atom is 0.228 e. The highest BCUT2D eigenvalue weighted by molar-refractivity contribution is 9.10. The Morgan fingerprint density at radius 3 is 2.88 bits per heavy atom. The quantitative estimate of drug-likeness (QED) is 0.773. The molecule has 1 aliphatic heterocycles. The van der Waals surface area contributed by atoms with Gasteiger partial charge in [-0.05, 0) is 53.1 Å². The number of carbonyl (C=O) groups excluding carboxylic acids is 2. The first kappa shape index (κ1) is 17.2. The van der Waals surface area contributed by atoms with Crippen molar-refractivity contribution in [1.82, 2.24) is 4.90 Å². The van der Waals surface area contributed by atoms with E-state index in [9.17, 15) is 9.59 Å². The average molecular weight is 407 g/mol. The molecule has 126 valence electrons. The summed E-state index contributed by atoms with van der Waals surface area (Å²) in [5.74, 6) is -0.223. The van der Waals surface area contributed by atoms with Gasteiger partial charge in [-0.25, -0.2) is 0 Å². The van der Waals surface area contributed by atoms with Crippen molar-refractivity contribution in [3.63, 3.8) is 0 Å². The van der Waals surface area contributed by atoms with Gasteiger partial charge in [-0.3, -0.25) is 9.59 Å². The fraction of sp³-hybridized carbons (Fsp3) is 0.333. The third-order valence-corrected chi connectivity index (χ3v) is 5.53. The number of aryl methyl sites for hydroxylation is 1. The van der Waals surface area contributed by atoms with Crippen LogP contribution in [0.25, 0.3) is 0 Å². The Morgan fingerprint density at radius 2 is 2.21 bits per heavy atom. The van der Waals surface area contributed by atoms with Crippen LogP contribution in [0.3, 0.4) is 0 Å². The molecule has 1 aromatic carbocycles. The number of amides is 2. The average Bonchev–Trinajstić information content (AvgIpc) is 3.16. The summed E-state index contributed by atoms with van der Waals surface area (Å²) in [6.07, 6.45) is 0.280. The summed E-state index contributed by atoms with van der Waals surface area (Å²) in [6.45, 7) is 3.02. The molecule has 0 saturated carbocycles. The van der Waals surface area contributed by atoms with Gasteiger partial charge in [-0.1, -0.05) is 15.9 Å². The van der Waals surface area contributed by atoms with Crippen LogP contribution in [0.15, 0.2) is 39.5 Å². The molecule has 0 aliphatic carbocycles. The number of hydrogen-bond acceptors (Lipinski definition) is 3. The van der Waals surface area contributed by atoms with E-state index in [1.165, 1.54) is 0 Å². The molecule has 1 aliphatic rings. The maximum absolute atomic E-state index is 12.7. The molecule has 2 amide bonds. The molecule has 0 bridgehead atoms. The Kier molecular flexibility index (Phi) is 5.06. The number of carbonyl (C=O) groups is 2. The number of thiophene rings is 1. The summed E-state index contributed by atoms with van der Waals surface area (Å²) in [4.78, 5) is 28.5. The molecule has 3 rings (SSSR count). The van der Waals surface area contributed by atoms with Crippen LogP contribution in [-0.4, -0.2) is 30.3 Å². The Morgan fingerprint density at radius 1 is 1.42 bits per heavy atom. The van der Waals surface area contributed by atoms with E-state index in [2.05, 4.69) is 15.9 Å². The van der Waals surface area contributed by atoms with Crippen LogP contribution >= 0.6 is 27.3 Å². The van der Waals surface area contributed by atoms with Crippen LogP contribution in [0.2, 0.25) is 0 Å². The number of halogens is 1. The van der Waals surface area contributed by atoms with Crippen molar-refractivity contribution < 1.29 is 9.59 Å². The van der Waals surface area contributed by atoms with Crippen molar-refractivity contribution in [2.24, 2.45) is 5.92 Å². The lowest BCUT2D eigenvalue weighted by Gasteiger charge is -2.22. The van der Waals surface area contributed by atoms with Gasteiger partial charge in [0.05, 0.1) is 5.92 Å². The van der Waals surface area contributed by atoms with Crippen molar-refractivity contribution >= 4 is 44.8 Å². The molecule has 1 saturated heterocycles. The molecular weight excluding hydrogens is 388 g/mol. The predicted molar refractivity (Wildman–Crippen MR) is 100 cm³/mol. The van der Waals surface area contributed by atoms with Gasteiger partial charge in [0.15, 0.2) is 0 Å². The van der Waals surface area contributed by atoms with E-state index in [0.717, 1.165) is 21.3 Å². The number of rotatable bonds is 4. The fourth-order valence-electron chi connectivity index (χ4n) is 3.07. The monoisotopic (exact) mass is 406 g/mol. The first-order valence-electron chi connectivity index (χ1n) is 7.78.